The van der Waals surface area contributed by atoms with Gasteiger partial charge in [-0.05, 0) is 83.8 Å². The molecular weight excluding hydrogens is 374 g/mol. The highest BCUT2D eigenvalue weighted by Crippen LogP contribution is 2.35. The Labute approximate surface area is 182 Å². The van der Waals surface area contributed by atoms with Crippen LogP contribution in [0, 0.1) is 13.8 Å². The Kier molecular flexibility index (Phi) is 3.94. The Morgan fingerprint density at radius 1 is 0.516 bits per heavy atom. The van der Waals surface area contributed by atoms with Crippen LogP contribution in [0.4, 0.5) is 0 Å². The molecule has 0 aliphatic carbocycles. The molecule has 0 fully saturated rings. The number of nitrogens with zero attached hydrogens (tertiary/aromatic N) is 1. The number of hydrogen-bond acceptors (Lipinski definition) is 0. The van der Waals surface area contributed by atoms with Gasteiger partial charge < -0.3 is 4.57 Å². The second-order valence-electron chi connectivity index (χ2n) is 8.72. The fourth-order valence-electron chi connectivity index (χ4n) is 5.08. The van der Waals surface area contributed by atoms with Gasteiger partial charge in [-0.25, -0.2) is 0 Å². The molecule has 31 heavy (non-hydrogen) atoms. The van der Waals surface area contributed by atoms with Gasteiger partial charge in [0, 0.05) is 28.4 Å². The Hall–Kier alpha value is -3.58. The van der Waals surface area contributed by atoms with Gasteiger partial charge in [-0.3, -0.25) is 0 Å². The van der Waals surface area contributed by atoms with E-state index in [0.717, 1.165) is 6.54 Å². The summed E-state index contributed by atoms with van der Waals surface area (Å²) in [6, 6.07) is 31.8. The summed E-state index contributed by atoms with van der Waals surface area (Å²) in [5.74, 6) is 0. The molecule has 0 N–H and O–H groups in total. The first kappa shape index (κ1) is 18.2. The topological polar surface area (TPSA) is 4.93 Å². The SMILES string of the molecule is CCn1c2ccc(C)cc2c2cc(-c3ccc4ccc5ccc(C)cc5c4c3)ccc21. The van der Waals surface area contributed by atoms with Crippen LogP contribution in [0.2, 0.25) is 0 Å². The van der Waals surface area contributed by atoms with Gasteiger partial charge in [0.15, 0.2) is 0 Å². The lowest BCUT2D eigenvalue weighted by atomic mass is 9.95. The molecule has 0 spiro atoms. The summed E-state index contributed by atoms with van der Waals surface area (Å²) in [6.07, 6.45) is 0. The number of fused-ring (bicyclic) bond motifs is 6. The standard InChI is InChI=1S/C30H25N/c1-4-31-29-13-6-20(3)16-27(29)28-18-24(12-14-30(28)31)23-11-10-22-9-8-21-7-5-19(2)15-25(21)26(22)17-23/h5-18H,4H2,1-3H3. The van der Waals surface area contributed by atoms with Crippen molar-refractivity contribution in [3.8, 4) is 11.1 Å². The Bertz CT molecular complexity index is 1630. The number of benzene rings is 5. The molecule has 0 radical (unpaired) electrons. The van der Waals surface area contributed by atoms with E-state index in [9.17, 15) is 0 Å². The summed E-state index contributed by atoms with van der Waals surface area (Å²) in [5, 5.41) is 7.94. The highest BCUT2D eigenvalue weighted by Gasteiger charge is 2.12. The quantitative estimate of drug-likeness (QED) is 0.258. The van der Waals surface area contributed by atoms with Crippen molar-refractivity contribution in [2.24, 2.45) is 0 Å². The van der Waals surface area contributed by atoms with Crippen LogP contribution in [0.3, 0.4) is 0 Å². The first-order chi connectivity index (χ1) is 15.1. The number of rotatable bonds is 2. The first-order valence-electron chi connectivity index (χ1n) is 11.1. The Morgan fingerprint density at radius 3 is 1.68 bits per heavy atom. The van der Waals surface area contributed by atoms with Gasteiger partial charge >= 0.3 is 0 Å². The van der Waals surface area contributed by atoms with Gasteiger partial charge in [0.1, 0.15) is 0 Å². The number of aromatic nitrogens is 1. The van der Waals surface area contributed by atoms with Crippen molar-refractivity contribution in [2.75, 3.05) is 0 Å². The number of hydrogen-bond donors (Lipinski definition) is 0. The van der Waals surface area contributed by atoms with Crippen molar-refractivity contribution in [3.05, 3.63) is 96.1 Å². The predicted molar refractivity (Wildman–Crippen MR) is 135 cm³/mol. The lowest BCUT2D eigenvalue weighted by Crippen LogP contribution is -1.92. The average Bonchev–Trinajstić information content (AvgIpc) is 3.10. The summed E-state index contributed by atoms with van der Waals surface area (Å²) < 4.78 is 2.42. The van der Waals surface area contributed by atoms with Crippen molar-refractivity contribution in [1.82, 2.24) is 4.57 Å². The second-order valence-corrected chi connectivity index (χ2v) is 8.72. The molecular formula is C30H25N. The maximum absolute atomic E-state index is 2.42. The zero-order chi connectivity index (χ0) is 21.1. The van der Waals surface area contributed by atoms with Crippen molar-refractivity contribution in [3.63, 3.8) is 0 Å². The van der Waals surface area contributed by atoms with Gasteiger partial charge in [-0.15, -0.1) is 0 Å². The van der Waals surface area contributed by atoms with E-state index in [1.165, 1.54) is 65.6 Å². The van der Waals surface area contributed by atoms with Crippen molar-refractivity contribution < 1.29 is 0 Å². The van der Waals surface area contributed by atoms with Crippen LogP contribution in [-0.2, 0) is 6.54 Å². The van der Waals surface area contributed by atoms with E-state index < -0.39 is 0 Å². The van der Waals surface area contributed by atoms with Gasteiger partial charge in [0.25, 0.3) is 0 Å². The molecule has 1 nitrogen and oxygen atoms in total. The van der Waals surface area contributed by atoms with E-state index in [4.69, 9.17) is 0 Å². The largest absolute Gasteiger partial charge is 0.341 e. The predicted octanol–water partition coefficient (Wildman–Crippen LogP) is 8.40. The monoisotopic (exact) mass is 399 g/mol. The van der Waals surface area contributed by atoms with E-state index in [1.54, 1.807) is 0 Å². The zero-order valence-electron chi connectivity index (χ0n) is 18.2. The minimum atomic E-state index is 0.976. The average molecular weight is 400 g/mol. The molecule has 150 valence electrons. The maximum atomic E-state index is 2.42. The molecule has 6 rings (SSSR count). The molecule has 0 saturated carbocycles. The molecule has 0 aliphatic rings. The van der Waals surface area contributed by atoms with Gasteiger partial charge in [-0.2, -0.15) is 0 Å². The van der Waals surface area contributed by atoms with Gasteiger partial charge in [0.05, 0.1) is 0 Å². The van der Waals surface area contributed by atoms with Crippen molar-refractivity contribution >= 4 is 43.4 Å². The second kappa shape index (κ2) is 6.72. The molecule has 0 aliphatic heterocycles. The minimum Gasteiger partial charge on any atom is -0.341 e. The van der Waals surface area contributed by atoms with Crippen LogP contribution in [0.25, 0.3) is 54.5 Å². The van der Waals surface area contributed by atoms with Gasteiger partial charge in [0.2, 0.25) is 0 Å². The summed E-state index contributed by atoms with van der Waals surface area (Å²) in [4.78, 5) is 0. The minimum absolute atomic E-state index is 0.976. The van der Waals surface area contributed by atoms with Crippen LogP contribution < -0.4 is 0 Å². The van der Waals surface area contributed by atoms with Crippen LogP contribution in [0.1, 0.15) is 18.1 Å². The van der Waals surface area contributed by atoms with Crippen molar-refractivity contribution in [1.29, 1.82) is 0 Å². The lowest BCUT2D eigenvalue weighted by molar-refractivity contribution is 0.827. The molecule has 0 bridgehead atoms. The van der Waals surface area contributed by atoms with E-state index in [1.807, 2.05) is 0 Å². The van der Waals surface area contributed by atoms with E-state index in [2.05, 4.69) is 110 Å². The third kappa shape index (κ3) is 2.77. The molecule has 1 heterocycles. The number of aryl methyl sites for hydroxylation is 3. The molecule has 0 saturated heterocycles. The summed E-state index contributed by atoms with van der Waals surface area (Å²) >= 11 is 0. The zero-order valence-corrected chi connectivity index (χ0v) is 18.2. The molecule has 0 amide bonds. The molecule has 0 atom stereocenters. The molecule has 6 aromatic rings. The highest BCUT2D eigenvalue weighted by atomic mass is 15.0. The van der Waals surface area contributed by atoms with Crippen LogP contribution in [-0.4, -0.2) is 4.57 Å². The third-order valence-electron chi connectivity index (χ3n) is 6.66. The van der Waals surface area contributed by atoms with Crippen LogP contribution in [0.15, 0.2) is 84.9 Å². The maximum Gasteiger partial charge on any atom is 0.0491 e. The molecule has 5 aromatic carbocycles. The van der Waals surface area contributed by atoms with Gasteiger partial charge in [-0.1, -0.05) is 65.7 Å². The van der Waals surface area contributed by atoms with E-state index >= 15 is 0 Å². The summed E-state index contributed by atoms with van der Waals surface area (Å²) in [6.45, 7) is 7.54. The Balaban J connectivity index is 1.62. The normalized spacial score (nSPS) is 11.8. The molecule has 1 heteroatoms. The van der Waals surface area contributed by atoms with Crippen molar-refractivity contribution in [2.45, 2.75) is 27.3 Å². The summed E-state index contributed by atoms with van der Waals surface area (Å²) in [5.41, 5.74) is 7.79. The smallest absolute Gasteiger partial charge is 0.0491 e. The highest BCUT2D eigenvalue weighted by molar-refractivity contribution is 6.11. The lowest BCUT2D eigenvalue weighted by Gasteiger charge is -2.09. The Morgan fingerprint density at radius 2 is 0.968 bits per heavy atom. The van der Waals surface area contributed by atoms with Crippen LogP contribution >= 0.6 is 0 Å². The first-order valence-corrected chi connectivity index (χ1v) is 11.1. The van der Waals surface area contributed by atoms with E-state index in [0.29, 0.717) is 0 Å². The molecule has 1 aromatic heterocycles. The van der Waals surface area contributed by atoms with E-state index in [-0.39, 0.29) is 0 Å². The summed E-state index contributed by atoms with van der Waals surface area (Å²) in [7, 11) is 0. The fraction of sp³-hybridized carbons (Fsp3) is 0.133. The molecule has 0 unspecified atom stereocenters. The van der Waals surface area contributed by atoms with Crippen LogP contribution in [0.5, 0.6) is 0 Å². The third-order valence-corrected chi connectivity index (χ3v) is 6.66. The fourth-order valence-corrected chi connectivity index (χ4v) is 5.08.